The van der Waals surface area contributed by atoms with Crippen LogP contribution in [0.15, 0.2) is 47.9 Å². The van der Waals surface area contributed by atoms with E-state index in [0.717, 1.165) is 21.7 Å². The zero-order valence-electron chi connectivity index (χ0n) is 46.0. The van der Waals surface area contributed by atoms with Crippen LogP contribution >= 0.6 is 11.3 Å². The molecule has 7 N–H and O–H groups in total. The van der Waals surface area contributed by atoms with E-state index in [0.29, 0.717) is 38.8 Å². The molecule has 0 amide bonds. The number of nitrogens with one attached hydrogen (secondary N) is 1. The number of halogens is 1. The van der Waals surface area contributed by atoms with Crippen molar-refractivity contribution in [3.63, 3.8) is 0 Å². The van der Waals surface area contributed by atoms with Crippen LogP contribution in [0.4, 0.5) is 4.39 Å². The molecule has 3 fully saturated rings. The van der Waals surface area contributed by atoms with Gasteiger partial charge in [-0.05, 0) is 97.9 Å². The number of hydrogen-bond donors (Lipinski definition) is 6. The average Bonchev–Trinajstić information content (AvgIpc) is 3.90. The second-order valence-corrected chi connectivity index (χ2v) is 23.0. The summed E-state index contributed by atoms with van der Waals surface area (Å²) in [7, 11) is 7.28. The molecule has 73 heavy (non-hydrogen) atoms. The fourth-order valence-corrected chi connectivity index (χ4v) is 12.1. The van der Waals surface area contributed by atoms with Crippen molar-refractivity contribution < 1.29 is 58.0 Å². The van der Waals surface area contributed by atoms with Gasteiger partial charge in [0.1, 0.15) is 36.6 Å². The molecule has 0 unspecified atom stereocenters. The van der Waals surface area contributed by atoms with E-state index in [1.165, 1.54) is 11.9 Å². The lowest BCUT2D eigenvalue weighted by Crippen LogP contribution is -2.59. The Bertz CT molecular complexity index is 1990. The van der Waals surface area contributed by atoms with Gasteiger partial charge < -0.3 is 69.0 Å². The Morgan fingerprint density at radius 2 is 1.73 bits per heavy atom. The summed E-state index contributed by atoms with van der Waals surface area (Å²) in [6.45, 7) is 18.5. The van der Waals surface area contributed by atoms with Crippen LogP contribution in [0.1, 0.15) is 119 Å². The normalized spacial score (nSPS) is 37.7. The van der Waals surface area contributed by atoms with Crippen LogP contribution in [-0.4, -0.2) is 179 Å². The number of rotatable bonds is 17. The second kappa shape index (κ2) is 26.9. The van der Waals surface area contributed by atoms with Gasteiger partial charge in [-0.3, -0.25) is 9.78 Å². The van der Waals surface area contributed by atoms with E-state index in [1.54, 1.807) is 57.9 Å². The highest BCUT2D eigenvalue weighted by molar-refractivity contribution is 7.13. The van der Waals surface area contributed by atoms with Gasteiger partial charge in [0, 0.05) is 82.6 Å². The minimum Gasteiger partial charge on any atom is -0.459 e. The zero-order chi connectivity index (χ0) is 54.1. The summed E-state index contributed by atoms with van der Waals surface area (Å²) in [6.07, 6.45) is -1.75. The number of aliphatic hydroxyl groups is 4. The predicted molar refractivity (Wildman–Crippen MR) is 280 cm³/mol. The molecule has 1 aromatic carbocycles. The minimum atomic E-state index is -1.80. The van der Waals surface area contributed by atoms with Crippen molar-refractivity contribution in [2.75, 3.05) is 48.0 Å². The predicted octanol–water partition coefficient (Wildman–Crippen LogP) is 6.01. The van der Waals surface area contributed by atoms with Crippen LogP contribution in [0.5, 0.6) is 0 Å². The Labute approximate surface area is 438 Å². The van der Waals surface area contributed by atoms with Crippen molar-refractivity contribution in [3.8, 4) is 10.4 Å². The second-order valence-electron chi connectivity index (χ2n) is 22.1. The molecule has 3 saturated heterocycles. The summed E-state index contributed by atoms with van der Waals surface area (Å²) < 4.78 is 53.5. The summed E-state index contributed by atoms with van der Waals surface area (Å²) in [5, 5.41) is 51.8. The first-order valence-corrected chi connectivity index (χ1v) is 27.3. The Morgan fingerprint density at radius 3 is 2.32 bits per heavy atom. The van der Waals surface area contributed by atoms with Crippen LogP contribution in [0, 0.1) is 23.7 Å². The molecule has 2 aromatic rings. The maximum absolute atomic E-state index is 14.9. The number of hydrazine groups is 1. The number of benzene rings is 1. The summed E-state index contributed by atoms with van der Waals surface area (Å²) in [5.74, 6) is 4.03. The third kappa shape index (κ3) is 15.4. The van der Waals surface area contributed by atoms with Crippen LogP contribution in [-0.2, 0) is 33.2 Å². The molecule has 4 heterocycles. The fourth-order valence-electron chi connectivity index (χ4n) is 11.4. The average molecular weight is 1050 g/mol. The largest absolute Gasteiger partial charge is 0.459 e. The number of carbonyl (C=O) groups is 1. The highest BCUT2D eigenvalue weighted by atomic mass is 32.1. The molecule has 19 heteroatoms. The van der Waals surface area contributed by atoms with Gasteiger partial charge in [-0.1, -0.05) is 52.0 Å². The fraction of sp³-hybridized carbons (Fsp3) is 0.778. The molecule has 3 aliphatic rings. The van der Waals surface area contributed by atoms with Gasteiger partial charge in [0.25, 0.3) is 0 Å². The number of thiazole rings is 1. The first-order valence-electron chi connectivity index (χ1n) is 26.4. The molecule has 1 aromatic heterocycles. The molecular formula is C54H91FN6O11S. The minimum absolute atomic E-state index is 0.00186. The molecule has 416 valence electrons. The number of esters is 1. The number of hydrogen-bond acceptors (Lipinski definition) is 18. The van der Waals surface area contributed by atoms with E-state index in [2.05, 4.69) is 22.2 Å². The Morgan fingerprint density at radius 1 is 1.05 bits per heavy atom. The zero-order valence-corrected chi connectivity index (χ0v) is 46.8. The van der Waals surface area contributed by atoms with E-state index in [-0.39, 0.29) is 36.8 Å². The van der Waals surface area contributed by atoms with E-state index in [1.807, 2.05) is 84.1 Å². The number of nitrogens with zero attached hydrogens (tertiary/aromatic N) is 4. The maximum atomic E-state index is 14.9. The van der Waals surface area contributed by atoms with Gasteiger partial charge in [-0.2, -0.15) is 0 Å². The van der Waals surface area contributed by atoms with Gasteiger partial charge in [-0.15, -0.1) is 11.3 Å². The smallest absolute Gasteiger partial charge is 0.311 e. The monoisotopic (exact) mass is 1050 g/mol. The lowest BCUT2D eigenvalue weighted by atomic mass is 9.77. The number of ether oxygens (including phenoxy) is 6. The molecule has 5 rings (SSSR count). The van der Waals surface area contributed by atoms with Crippen LogP contribution < -0.4 is 11.2 Å². The maximum Gasteiger partial charge on any atom is 0.311 e. The third-order valence-corrected chi connectivity index (χ3v) is 16.8. The standard InChI is InChI=1S/C54H91FN6O11S/c1-15-44-54(10,66)50(63)36(7)60(13)28-31(2)25-53(9,65)51(34(5)48(35(6)52(64)70-44)71-45-22-32(3)47(62)37(8)69-45)72-46-24-41(23-33(4)68-46)59(12)21-20-40(57-11)29-61(56)42(26-55)49(67-14)39-18-16-38(17-19-39)43-27-58-30-73-43/h16-19,27,29-37,41-42,44-51,57,62-63,65-66H,15,20-26,28,56H2,1-14H3/b40-29-/t31-,32+,33-,34+,35-,36-,37+,41+,42-,44-,45+,46+,47-,48+,49-,50-,51-,53-,54-/m1/s1. The summed E-state index contributed by atoms with van der Waals surface area (Å²) in [6, 6.07) is 6.47. The van der Waals surface area contributed by atoms with Gasteiger partial charge in [0.15, 0.2) is 12.6 Å². The third-order valence-electron chi connectivity index (χ3n) is 16.0. The van der Waals surface area contributed by atoms with E-state index in [9.17, 15) is 29.6 Å². The van der Waals surface area contributed by atoms with Gasteiger partial charge in [0.2, 0.25) is 0 Å². The number of methoxy groups -OCH3 is 1. The molecule has 19 atom stereocenters. The summed E-state index contributed by atoms with van der Waals surface area (Å²) in [5.41, 5.74) is 1.09. The number of nitrogens with two attached hydrogens (primary N) is 1. The lowest BCUT2D eigenvalue weighted by molar-refractivity contribution is -0.290. The first-order chi connectivity index (χ1) is 34.4. The molecule has 0 radical (unpaired) electrons. The number of aliphatic hydroxyl groups excluding tert-OH is 2. The van der Waals surface area contributed by atoms with Crippen molar-refractivity contribution in [1.82, 2.24) is 25.1 Å². The van der Waals surface area contributed by atoms with E-state index >= 15 is 0 Å². The Balaban J connectivity index is 1.39. The molecule has 0 saturated carbocycles. The number of alkyl halides is 1. The highest BCUT2D eigenvalue weighted by Crippen LogP contribution is 2.39. The number of likely N-dealkylation sites (N-methyl/N-ethyl adjacent to an activating group) is 1. The van der Waals surface area contributed by atoms with Crippen molar-refractivity contribution in [3.05, 3.63) is 53.4 Å². The van der Waals surface area contributed by atoms with Crippen molar-refractivity contribution >= 4 is 17.3 Å². The number of cyclic esters (lactones) is 1. The number of aromatic nitrogens is 1. The van der Waals surface area contributed by atoms with Gasteiger partial charge >= 0.3 is 5.97 Å². The topological polar surface area (TPSA) is 214 Å². The first kappa shape index (κ1) is 61.0. The van der Waals surface area contributed by atoms with Crippen LogP contribution in [0.2, 0.25) is 0 Å². The molecule has 0 spiro atoms. The van der Waals surface area contributed by atoms with Crippen molar-refractivity contribution in [2.24, 2.45) is 29.5 Å². The van der Waals surface area contributed by atoms with Crippen molar-refractivity contribution in [2.45, 2.75) is 199 Å². The Hall–Kier alpha value is -2.89. The van der Waals surface area contributed by atoms with Gasteiger partial charge in [-0.25, -0.2) is 10.2 Å². The molecular weight excluding hydrogens is 960 g/mol. The number of carbonyl (C=O) groups excluding carboxylic acids is 1. The molecule has 3 aliphatic heterocycles. The van der Waals surface area contributed by atoms with E-state index < -0.39 is 103 Å². The van der Waals surface area contributed by atoms with Crippen molar-refractivity contribution in [1.29, 1.82) is 0 Å². The Kier molecular flexibility index (Phi) is 22.5. The van der Waals surface area contributed by atoms with E-state index in [4.69, 9.17) is 34.3 Å². The molecule has 17 nitrogen and oxygen atoms in total. The summed E-state index contributed by atoms with van der Waals surface area (Å²) >= 11 is 1.55. The highest BCUT2D eigenvalue weighted by Gasteiger charge is 2.50. The summed E-state index contributed by atoms with van der Waals surface area (Å²) in [4.78, 5) is 23.8. The quantitative estimate of drug-likeness (QED) is 0.0608. The molecule has 0 aliphatic carbocycles. The van der Waals surface area contributed by atoms with Crippen LogP contribution in [0.25, 0.3) is 10.4 Å². The lowest BCUT2D eigenvalue weighted by Gasteiger charge is -2.47. The SMILES string of the molecule is CC[C@H]1OC(=O)[C@H](C)[C@@H](O[C@H]2C[C@H](C)[C@@H](O)[C@H](C)O2)[C@H](C)[C@@H](O[C@H]2C[C@@H](N(C)CC/C(=C/N(N)[C@H](CF)[C@H](OC)c3ccc(-c4cncs4)cc3)NC)C[C@@H](C)O2)[C@](C)(O)C[C@@H](C)CN(C)[C@H](C)[C@@H](O)[C@]1(C)O. The van der Waals surface area contributed by atoms with Gasteiger partial charge in [0.05, 0.1) is 52.4 Å². The molecule has 0 bridgehead atoms. The van der Waals surface area contributed by atoms with Crippen LogP contribution in [0.3, 0.4) is 0 Å².